The molecule has 0 saturated heterocycles. The van der Waals surface area contributed by atoms with Gasteiger partial charge in [0.05, 0.1) is 13.4 Å². The van der Waals surface area contributed by atoms with Crippen LogP contribution in [0.15, 0.2) is 29.3 Å². The Morgan fingerprint density at radius 3 is 2.57 bits per heavy atom. The highest BCUT2D eigenvalue weighted by atomic mass is 32.2. The van der Waals surface area contributed by atoms with Crippen molar-refractivity contribution in [2.75, 3.05) is 27.0 Å². The summed E-state index contributed by atoms with van der Waals surface area (Å²) >= 11 is 0. The predicted molar refractivity (Wildman–Crippen MR) is 93.3 cm³/mol. The molecule has 1 rings (SSSR count). The minimum Gasteiger partial charge on any atom is -0.497 e. The molecule has 3 N–H and O–H groups in total. The molecule has 0 unspecified atom stereocenters. The van der Waals surface area contributed by atoms with Crippen molar-refractivity contribution >= 4 is 16.0 Å². The van der Waals surface area contributed by atoms with E-state index in [0.29, 0.717) is 19.0 Å². The standard InChI is InChI=1S/C15H26N4O3S/c1-15(2,19-23(5,20)21)11-18-14(16-3)17-10-12-7-6-8-13(9-12)22-4/h6-9,19H,10-11H2,1-5H3,(H2,16,17,18). The zero-order valence-electron chi connectivity index (χ0n) is 14.3. The number of hydrogen-bond acceptors (Lipinski definition) is 4. The molecule has 0 aromatic heterocycles. The van der Waals surface area contributed by atoms with Crippen molar-refractivity contribution in [1.29, 1.82) is 0 Å². The van der Waals surface area contributed by atoms with Crippen molar-refractivity contribution in [3.05, 3.63) is 29.8 Å². The lowest BCUT2D eigenvalue weighted by Gasteiger charge is -2.26. The van der Waals surface area contributed by atoms with E-state index in [-0.39, 0.29) is 0 Å². The lowest BCUT2D eigenvalue weighted by atomic mass is 10.1. The van der Waals surface area contributed by atoms with Gasteiger partial charge in [-0.05, 0) is 31.5 Å². The van der Waals surface area contributed by atoms with Crippen LogP contribution in [0, 0.1) is 0 Å². The quantitative estimate of drug-likeness (QED) is 0.501. The highest BCUT2D eigenvalue weighted by molar-refractivity contribution is 7.88. The van der Waals surface area contributed by atoms with E-state index in [1.54, 1.807) is 28.0 Å². The topological polar surface area (TPSA) is 91.8 Å². The van der Waals surface area contributed by atoms with E-state index < -0.39 is 15.6 Å². The molecule has 0 aliphatic carbocycles. The molecule has 0 fully saturated rings. The number of nitrogens with zero attached hydrogens (tertiary/aromatic N) is 1. The van der Waals surface area contributed by atoms with Crippen LogP contribution in [-0.4, -0.2) is 46.9 Å². The summed E-state index contributed by atoms with van der Waals surface area (Å²) in [6.07, 6.45) is 1.14. The first-order chi connectivity index (χ1) is 10.6. The molecular weight excluding hydrogens is 316 g/mol. The number of methoxy groups -OCH3 is 1. The molecule has 0 amide bonds. The second-order valence-corrected chi connectivity index (χ2v) is 7.64. The van der Waals surface area contributed by atoms with Crippen LogP contribution in [0.25, 0.3) is 0 Å². The van der Waals surface area contributed by atoms with E-state index in [1.165, 1.54) is 0 Å². The first-order valence-electron chi connectivity index (χ1n) is 7.21. The number of aliphatic imine (C=N–C) groups is 1. The monoisotopic (exact) mass is 342 g/mol. The number of guanidine groups is 1. The lowest BCUT2D eigenvalue weighted by molar-refractivity contribution is 0.414. The van der Waals surface area contributed by atoms with Crippen molar-refractivity contribution in [2.45, 2.75) is 25.9 Å². The van der Waals surface area contributed by atoms with Gasteiger partial charge in [0.2, 0.25) is 10.0 Å². The Morgan fingerprint density at radius 2 is 2.00 bits per heavy atom. The molecule has 0 atom stereocenters. The summed E-state index contributed by atoms with van der Waals surface area (Å²) in [7, 11) is 0.0299. The summed E-state index contributed by atoms with van der Waals surface area (Å²) in [5.41, 5.74) is 0.432. The molecule has 0 aliphatic rings. The fourth-order valence-electron chi connectivity index (χ4n) is 2.03. The van der Waals surface area contributed by atoms with E-state index in [0.717, 1.165) is 17.6 Å². The molecule has 0 spiro atoms. The maximum Gasteiger partial charge on any atom is 0.209 e. The summed E-state index contributed by atoms with van der Waals surface area (Å²) in [4.78, 5) is 4.13. The zero-order valence-corrected chi connectivity index (χ0v) is 15.1. The Bertz CT molecular complexity index is 642. The molecule has 0 bridgehead atoms. The molecule has 7 nitrogen and oxygen atoms in total. The summed E-state index contributed by atoms with van der Waals surface area (Å²) < 4.78 is 30.4. The molecule has 8 heteroatoms. The van der Waals surface area contributed by atoms with Gasteiger partial charge in [-0.25, -0.2) is 13.1 Å². The van der Waals surface area contributed by atoms with Crippen LogP contribution in [0.3, 0.4) is 0 Å². The van der Waals surface area contributed by atoms with Crippen molar-refractivity contribution in [1.82, 2.24) is 15.4 Å². The summed E-state index contributed by atoms with van der Waals surface area (Å²) in [5.74, 6) is 1.39. The molecule has 0 aliphatic heterocycles. The molecule has 1 aromatic carbocycles. The van der Waals surface area contributed by atoms with E-state index in [1.807, 2.05) is 24.3 Å². The summed E-state index contributed by atoms with van der Waals surface area (Å²) in [6.45, 7) is 4.58. The number of hydrogen-bond donors (Lipinski definition) is 3. The number of nitrogens with one attached hydrogen (secondary N) is 3. The van der Waals surface area contributed by atoms with Gasteiger partial charge in [0.1, 0.15) is 5.75 Å². The minimum absolute atomic E-state index is 0.401. The molecule has 0 heterocycles. The molecule has 1 aromatic rings. The van der Waals surface area contributed by atoms with Crippen LogP contribution in [0.2, 0.25) is 0 Å². The van der Waals surface area contributed by atoms with E-state index in [2.05, 4.69) is 20.3 Å². The molecule has 0 radical (unpaired) electrons. The van der Waals surface area contributed by atoms with Gasteiger partial charge in [0.25, 0.3) is 0 Å². The lowest BCUT2D eigenvalue weighted by Crippen LogP contribution is -2.52. The number of sulfonamides is 1. The molecule has 0 saturated carbocycles. The normalized spacial score (nSPS) is 12.8. The van der Waals surface area contributed by atoms with Crippen molar-refractivity contribution in [2.24, 2.45) is 4.99 Å². The fourth-order valence-corrected chi connectivity index (χ4v) is 3.11. The third-order valence-corrected chi connectivity index (χ3v) is 3.90. The van der Waals surface area contributed by atoms with Crippen LogP contribution in [0.4, 0.5) is 0 Å². The van der Waals surface area contributed by atoms with Gasteiger partial charge in [0, 0.05) is 25.7 Å². The molecule has 130 valence electrons. The Balaban J connectivity index is 2.55. The molecule has 23 heavy (non-hydrogen) atoms. The largest absolute Gasteiger partial charge is 0.497 e. The van der Waals surface area contributed by atoms with Crippen molar-refractivity contribution in [3.63, 3.8) is 0 Å². The Morgan fingerprint density at radius 1 is 1.30 bits per heavy atom. The van der Waals surface area contributed by atoms with Crippen molar-refractivity contribution in [3.8, 4) is 5.75 Å². The van der Waals surface area contributed by atoms with Gasteiger partial charge in [0.15, 0.2) is 5.96 Å². The Hall–Kier alpha value is -1.80. The first kappa shape index (κ1) is 19.2. The predicted octanol–water partition coefficient (Wildman–Crippen LogP) is 0.688. The van der Waals surface area contributed by atoms with Crippen LogP contribution in [0.5, 0.6) is 5.75 Å². The third-order valence-electron chi connectivity index (χ3n) is 2.98. The van der Waals surface area contributed by atoms with Gasteiger partial charge in [-0.15, -0.1) is 0 Å². The maximum absolute atomic E-state index is 11.3. The van der Waals surface area contributed by atoms with Crippen molar-refractivity contribution < 1.29 is 13.2 Å². The Labute approximate surface area is 138 Å². The third kappa shape index (κ3) is 7.85. The van der Waals surface area contributed by atoms with E-state index >= 15 is 0 Å². The average molecular weight is 342 g/mol. The van der Waals surface area contributed by atoms with E-state index in [4.69, 9.17) is 4.74 Å². The van der Waals surface area contributed by atoms with Crippen LogP contribution in [0.1, 0.15) is 19.4 Å². The second kappa shape index (κ2) is 8.16. The highest BCUT2D eigenvalue weighted by Gasteiger charge is 2.22. The molecular formula is C15H26N4O3S. The van der Waals surface area contributed by atoms with E-state index in [9.17, 15) is 8.42 Å². The van der Waals surface area contributed by atoms with Gasteiger partial charge in [-0.1, -0.05) is 12.1 Å². The fraction of sp³-hybridized carbons (Fsp3) is 0.533. The second-order valence-electron chi connectivity index (χ2n) is 5.89. The van der Waals surface area contributed by atoms with Gasteiger partial charge < -0.3 is 15.4 Å². The number of benzene rings is 1. The van der Waals surface area contributed by atoms with Gasteiger partial charge in [-0.2, -0.15) is 0 Å². The summed E-state index contributed by atoms with van der Waals surface area (Å²) in [5, 5.41) is 6.29. The highest BCUT2D eigenvalue weighted by Crippen LogP contribution is 2.12. The zero-order chi connectivity index (χ0) is 17.5. The smallest absolute Gasteiger partial charge is 0.209 e. The van der Waals surface area contributed by atoms with Crippen LogP contribution < -0.4 is 20.1 Å². The first-order valence-corrected chi connectivity index (χ1v) is 9.11. The maximum atomic E-state index is 11.3. The van der Waals surface area contributed by atoms with Gasteiger partial charge in [-0.3, -0.25) is 4.99 Å². The van der Waals surface area contributed by atoms with Crippen LogP contribution in [-0.2, 0) is 16.6 Å². The summed E-state index contributed by atoms with van der Waals surface area (Å²) in [6, 6.07) is 7.73. The minimum atomic E-state index is -3.26. The van der Waals surface area contributed by atoms with Crippen LogP contribution >= 0.6 is 0 Å². The SMILES string of the molecule is CN=C(NCc1cccc(OC)c1)NCC(C)(C)NS(C)(=O)=O. The number of rotatable bonds is 7. The van der Waals surface area contributed by atoms with Gasteiger partial charge >= 0.3 is 0 Å². The Kier molecular flexibility index (Phi) is 6.83. The average Bonchev–Trinajstić information content (AvgIpc) is 2.45. The number of ether oxygens (including phenoxy) is 1.